The minimum atomic E-state index is -3.24. The molecule has 0 bridgehead atoms. The summed E-state index contributed by atoms with van der Waals surface area (Å²) in [4.78, 5) is 2.19. The van der Waals surface area contributed by atoms with Gasteiger partial charge in [0.1, 0.15) is 0 Å². The fourth-order valence-electron chi connectivity index (χ4n) is 4.81. The Hall–Kier alpha value is -0.910. The first-order valence-electron chi connectivity index (χ1n) is 11.2. The van der Waals surface area contributed by atoms with E-state index < -0.39 is 10.0 Å². The lowest BCUT2D eigenvalue weighted by molar-refractivity contribution is 0.222. The molecule has 0 aromatic heterocycles. The second kappa shape index (κ2) is 10.2. The van der Waals surface area contributed by atoms with Crippen LogP contribution in [0.15, 0.2) is 24.3 Å². The topological polar surface area (TPSA) is 40.6 Å². The quantitative estimate of drug-likeness (QED) is 0.646. The molecule has 28 heavy (non-hydrogen) atoms. The van der Waals surface area contributed by atoms with Gasteiger partial charge in [-0.1, -0.05) is 63.3 Å². The van der Waals surface area contributed by atoms with Gasteiger partial charge in [-0.2, -0.15) is 4.31 Å². The average molecular weight is 407 g/mol. The van der Waals surface area contributed by atoms with Gasteiger partial charge in [0.2, 0.25) is 10.0 Å². The van der Waals surface area contributed by atoms with Gasteiger partial charge in [0.05, 0.1) is 5.75 Å². The zero-order valence-corrected chi connectivity index (χ0v) is 18.6. The summed E-state index contributed by atoms with van der Waals surface area (Å²) >= 11 is 0. The number of rotatable bonds is 8. The summed E-state index contributed by atoms with van der Waals surface area (Å²) in [5, 5.41) is 0. The molecular weight excluding hydrogens is 368 g/mol. The highest BCUT2D eigenvalue weighted by atomic mass is 32.2. The second-order valence-corrected chi connectivity index (χ2v) is 11.1. The lowest BCUT2D eigenvalue weighted by Gasteiger charge is -2.31. The van der Waals surface area contributed by atoms with Gasteiger partial charge in [-0.25, -0.2) is 8.42 Å². The molecule has 0 N–H and O–H groups in total. The molecule has 1 unspecified atom stereocenters. The van der Waals surface area contributed by atoms with Gasteiger partial charge in [0, 0.05) is 26.2 Å². The largest absolute Gasteiger partial charge is 0.304 e. The number of nitrogens with zero attached hydrogens (tertiary/aromatic N) is 2. The summed E-state index contributed by atoms with van der Waals surface area (Å²) in [6.07, 6.45) is 10.5. The third-order valence-electron chi connectivity index (χ3n) is 6.68. The second-order valence-electron chi connectivity index (χ2n) is 9.11. The Labute approximate surface area is 172 Å². The van der Waals surface area contributed by atoms with E-state index >= 15 is 0 Å². The van der Waals surface area contributed by atoms with Crippen molar-refractivity contribution in [2.75, 3.05) is 33.2 Å². The van der Waals surface area contributed by atoms with Crippen LogP contribution in [0.3, 0.4) is 0 Å². The smallest absolute Gasteiger partial charge is 0.218 e. The third-order valence-corrected chi connectivity index (χ3v) is 8.51. The summed E-state index contributed by atoms with van der Waals surface area (Å²) in [5.41, 5.74) is 2.21. The standard InChI is InChI=1S/C23H38N2O2S/c1-20(18-21-8-4-3-5-9-21)12-13-22-10-6-7-11-23(22)19-28(26,27)25-16-14-24(2)15-17-25/h6-7,10-11,20-21H,3-5,8-9,12-19H2,1-2H3. The number of benzene rings is 1. The molecule has 1 aliphatic heterocycles. The zero-order chi connectivity index (χ0) is 20.0. The molecule has 1 aromatic rings. The van der Waals surface area contributed by atoms with E-state index in [1.165, 1.54) is 44.1 Å². The first kappa shape index (κ1) is 21.8. The summed E-state index contributed by atoms with van der Waals surface area (Å²) < 4.78 is 27.5. The molecule has 3 rings (SSSR count). The number of piperazine rings is 1. The van der Waals surface area contributed by atoms with Crippen molar-refractivity contribution in [3.05, 3.63) is 35.4 Å². The van der Waals surface area contributed by atoms with Crippen LogP contribution in [0, 0.1) is 11.8 Å². The highest BCUT2D eigenvalue weighted by Gasteiger charge is 2.26. The Morgan fingerprint density at radius 3 is 2.32 bits per heavy atom. The fraction of sp³-hybridized carbons (Fsp3) is 0.739. The average Bonchev–Trinajstić information content (AvgIpc) is 2.68. The summed E-state index contributed by atoms with van der Waals surface area (Å²) in [5.74, 6) is 1.77. The van der Waals surface area contributed by atoms with Gasteiger partial charge < -0.3 is 4.90 Å². The molecule has 1 aliphatic carbocycles. The third kappa shape index (κ3) is 6.30. The number of hydrogen-bond acceptors (Lipinski definition) is 3. The maximum atomic E-state index is 12.9. The van der Waals surface area contributed by atoms with Crippen molar-refractivity contribution >= 4 is 10.0 Å². The van der Waals surface area contributed by atoms with E-state index in [0.717, 1.165) is 37.4 Å². The molecule has 1 atom stereocenters. The van der Waals surface area contributed by atoms with Gasteiger partial charge in [-0.3, -0.25) is 0 Å². The van der Waals surface area contributed by atoms with Gasteiger partial charge in [-0.05, 0) is 49.3 Å². The molecule has 2 fully saturated rings. The normalized spacial score (nSPS) is 21.6. The van der Waals surface area contributed by atoms with E-state index in [4.69, 9.17) is 0 Å². The molecule has 1 saturated carbocycles. The summed E-state index contributed by atoms with van der Waals surface area (Å²) in [6.45, 7) is 5.23. The van der Waals surface area contributed by atoms with Crippen molar-refractivity contribution in [3.63, 3.8) is 0 Å². The fourth-order valence-corrected chi connectivity index (χ4v) is 6.38. The van der Waals surface area contributed by atoms with Crippen LogP contribution in [0.5, 0.6) is 0 Å². The van der Waals surface area contributed by atoms with Crippen LogP contribution < -0.4 is 0 Å². The van der Waals surface area contributed by atoms with Crippen LogP contribution in [0.25, 0.3) is 0 Å². The van der Waals surface area contributed by atoms with E-state index in [0.29, 0.717) is 19.0 Å². The van der Waals surface area contributed by atoms with E-state index in [-0.39, 0.29) is 5.75 Å². The monoisotopic (exact) mass is 406 g/mol. The molecule has 5 heteroatoms. The highest BCUT2D eigenvalue weighted by Crippen LogP contribution is 2.30. The Morgan fingerprint density at radius 2 is 1.64 bits per heavy atom. The SMILES string of the molecule is CC(CCc1ccccc1CS(=O)(=O)N1CCN(C)CC1)CC1CCCCC1. The molecule has 158 valence electrons. The molecule has 2 aliphatic rings. The van der Waals surface area contributed by atoms with Gasteiger partial charge in [0.15, 0.2) is 0 Å². The molecule has 0 radical (unpaired) electrons. The number of sulfonamides is 1. The van der Waals surface area contributed by atoms with Gasteiger partial charge in [0.25, 0.3) is 0 Å². The lowest BCUT2D eigenvalue weighted by atomic mass is 9.82. The molecule has 4 nitrogen and oxygen atoms in total. The predicted molar refractivity (Wildman–Crippen MR) is 117 cm³/mol. The van der Waals surface area contributed by atoms with Crippen molar-refractivity contribution in [1.82, 2.24) is 9.21 Å². The van der Waals surface area contributed by atoms with Crippen LogP contribution in [0.1, 0.15) is 63.0 Å². The van der Waals surface area contributed by atoms with Crippen LogP contribution in [0.4, 0.5) is 0 Å². The molecule has 1 heterocycles. The highest BCUT2D eigenvalue weighted by molar-refractivity contribution is 7.88. The van der Waals surface area contributed by atoms with Crippen molar-refractivity contribution in [2.45, 2.75) is 64.0 Å². The summed E-state index contributed by atoms with van der Waals surface area (Å²) in [7, 11) is -1.19. The van der Waals surface area contributed by atoms with E-state index in [9.17, 15) is 8.42 Å². The van der Waals surface area contributed by atoms with Crippen LogP contribution in [-0.2, 0) is 22.2 Å². The minimum absolute atomic E-state index is 0.143. The summed E-state index contributed by atoms with van der Waals surface area (Å²) in [6, 6.07) is 8.16. The first-order chi connectivity index (χ1) is 13.4. The lowest BCUT2D eigenvalue weighted by Crippen LogP contribution is -2.47. The molecular formula is C23H38N2O2S. The maximum Gasteiger partial charge on any atom is 0.218 e. The number of hydrogen-bond donors (Lipinski definition) is 0. The van der Waals surface area contributed by atoms with Crippen molar-refractivity contribution < 1.29 is 8.42 Å². The first-order valence-corrected chi connectivity index (χ1v) is 12.8. The Morgan fingerprint density at radius 1 is 1.00 bits per heavy atom. The van der Waals surface area contributed by atoms with Crippen molar-refractivity contribution in [2.24, 2.45) is 11.8 Å². The predicted octanol–water partition coefficient (Wildman–Crippen LogP) is 4.30. The molecule has 1 saturated heterocycles. The number of aryl methyl sites for hydroxylation is 1. The Balaban J connectivity index is 1.56. The molecule has 0 spiro atoms. The Kier molecular flexibility index (Phi) is 7.95. The van der Waals surface area contributed by atoms with Crippen LogP contribution in [-0.4, -0.2) is 50.8 Å². The number of likely N-dealkylation sites (N-methyl/N-ethyl adjacent to an activating group) is 1. The van der Waals surface area contributed by atoms with Crippen LogP contribution >= 0.6 is 0 Å². The maximum absolute atomic E-state index is 12.9. The molecule has 1 aromatic carbocycles. The van der Waals surface area contributed by atoms with E-state index in [1.807, 2.05) is 25.2 Å². The Bertz CT molecular complexity index is 705. The van der Waals surface area contributed by atoms with Crippen LogP contribution in [0.2, 0.25) is 0 Å². The van der Waals surface area contributed by atoms with E-state index in [1.54, 1.807) is 4.31 Å². The minimum Gasteiger partial charge on any atom is -0.304 e. The van der Waals surface area contributed by atoms with Gasteiger partial charge >= 0.3 is 0 Å². The molecule has 0 amide bonds. The van der Waals surface area contributed by atoms with Gasteiger partial charge in [-0.15, -0.1) is 0 Å². The van der Waals surface area contributed by atoms with Crippen molar-refractivity contribution in [1.29, 1.82) is 0 Å². The zero-order valence-electron chi connectivity index (χ0n) is 17.8. The van der Waals surface area contributed by atoms with E-state index in [2.05, 4.69) is 17.9 Å². The van der Waals surface area contributed by atoms with Crippen molar-refractivity contribution in [3.8, 4) is 0 Å².